The molecule has 1 aliphatic carbocycles. The van der Waals surface area contributed by atoms with Gasteiger partial charge in [0.15, 0.2) is 6.29 Å². The van der Waals surface area contributed by atoms with Crippen molar-refractivity contribution in [2.75, 3.05) is 13.2 Å². The zero-order valence-electron chi connectivity index (χ0n) is 15.1. The summed E-state index contributed by atoms with van der Waals surface area (Å²) in [5.74, 6) is 8.17. The average Bonchev–Trinajstić information content (AvgIpc) is 3.35. The first kappa shape index (κ1) is 17.1. The summed E-state index contributed by atoms with van der Waals surface area (Å²) in [6.45, 7) is 6.07. The zero-order valence-corrected chi connectivity index (χ0v) is 15.1. The highest BCUT2D eigenvalue weighted by Crippen LogP contribution is 2.28. The molecule has 2 aromatic rings. The molecule has 1 saturated carbocycles. The minimum Gasteiger partial charge on any atom is -0.436 e. The van der Waals surface area contributed by atoms with Gasteiger partial charge in [-0.2, -0.15) is 0 Å². The maximum atomic E-state index is 5.80. The lowest BCUT2D eigenvalue weighted by atomic mass is 9.96. The third-order valence-electron chi connectivity index (χ3n) is 4.23. The molecule has 6 nitrogen and oxygen atoms in total. The maximum Gasteiger partial charge on any atom is 0.258 e. The number of hydrogen-bond acceptors (Lipinski definition) is 5. The van der Waals surface area contributed by atoms with Gasteiger partial charge in [0, 0.05) is 16.9 Å². The summed E-state index contributed by atoms with van der Waals surface area (Å²) in [5.41, 5.74) is 1.01. The van der Waals surface area contributed by atoms with E-state index in [4.69, 9.17) is 14.2 Å². The van der Waals surface area contributed by atoms with Crippen molar-refractivity contribution in [1.82, 2.24) is 15.0 Å². The van der Waals surface area contributed by atoms with Gasteiger partial charge in [0.1, 0.15) is 5.75 Å². The molecule has 0 spiro atoms. The molecule has 1 aromatic carbocycles. The molecule has 1 aromatic heterocycles. The van der Waals surface area contributed by atoms with Crippen molar-refractivity contribution in [2.45, 2.75) is 39.5 Å². The molecule has 6 heteroatoms. The monoisotopic (exact) mass is 353 g/mol. The van der Waals surface area contributed by atoms with E-state index >= 15 is 0 Å². The van der Waals surface area contributed by atoms with Crippen LogP contribution >= 0.6 is 0 Å². The molecule has 1 aliphatic heterocycles. The standard InChI is InChI=1S/C20H23N3O3/c1-20(2)13-24-19(25-14-20)12-23-11-18(21-22-23)26-17-5-3-4-16(10-17)9-8-15-6-7-15/h3-5,10-11,15,19H,6-7,12-14H2,1-2H3. The first-order valence-electron chi connectivity index (χ1n) is 8.99. The molecule has 1 saturated heterocycles. The second-order valence-electron chi connectivity index (χ2n) is 7.67. The van der Waals surface area contributed by atoms with Crippen LogP contribution in [-0.2, 0) is 16.0 Å². The van der Waals surface area contributed by atoms with Gasteiger partial charge in [0.25, 0.3) is 5.88 Å². The lowest BCUT2D eigenvalue weighted by molar-refractivity contribution is -0.227. The topological polar surface area (TPSA) is 58.4 Å². The minimum absolute atomic E-state index is 0.0561. The smallest absolute Gasteiger partial charge is 0.258 e. The van der Waals surface area contributed by atoms with Crippen LogP contribution in [0.5, 0.6) is 11.6 Å². The van der Waals surface area contributed by atoms with E-state index in [9.17, 15) is 0 Å². The molecule has 0 N–H and O–H groups in total. The Morgan fingerprint density at radius 2 is 2.08 bits per heavy atom. The van der Waals surface area contributed by atoms with Crippen molar-refractivity contribution in [3.63, 3.8) is 0 Å². The molecule has 2 heterocycles. The molecule has 136 valence electrons. The Kier molecular flexibility index (Phi) is 4.66. The van der Waals surface area contributed by atoms with Crippen LogP contribution in [0.3, 0.4) is 0 Å². The van der Waals surface area contributed by atoms with E-state index in [2.05, 4.69) is 36.0 Å². The molecule has 0 unspecified atom stereocenters. The Bertz CT molecular complexity index is 820. The number of ether oxygens (including phenoxy) is 3. The van der Waals surface area contributed by atoms with Crippen LogP contribution in [0, 0.1) is 23.2 Å². The number of nitrogens with zero attached hydrogens (tertiary/aromatic N) is 3. The van der Waals surface area contributed by atoms with Crippen LogP contribution in [0.15, 0.2) is 30.5 Å². The molecule has 0 amide bonds. The summed E-state index contributed by atoms with van der Waals surface area (Å²) in [6, 6.07) is 7.72. The summed E-state index contributed by atoms with van der Waals surface area (Å²) in [4.78, 5) is 0. The summed E-state index contributed by atoms with van der Waals surface area (Å²) in [7, 11) is 0. The van der Waals surface area contributed by atoms with E-state index < -0.39 is 0 Å². The van der Waals surface area contributed by atoms with Crippen LogP contribution in [0.25, 0.3) is 0 Å². The third kappa shape index (κ3) is 4.63. The highest BCUT2D eigenvalue weighted by molar-refractivity contribution is 5.41. The first-order chi connectivity index (χ1) is 12.6. The van der Waals surface area contributed by atoms with Crippen molar-refractivity contribution >= 4 is 0 Å². The molecular weight excluding hydrogens is 330 g/mol. The Labute approximate surface area is 153 Å². The van der Waals surface area contributed by atoms with E-state index in [1.54, 1.807) is 10.9 Å². The van der Waals surface area contributed by atoms with E-state index in [1.165, 1.54) is 12.8 Å². The van der Waals surface area contributed by atoms with Crippen LogP contribution < -0.4 is 4.74 Å². The first-order valence-corrected chi connectivity index (χ1v) is 8.99. The molecule has 0 atom stereocenters. The van der Waals surface area contributed by atoms with Crippen molar-refractivity contribution in [3.8, 4) is 23.5 Å². The van der Waals surface area contributed by atoms with Crippen LogP contribution in [0.4, 0.5) is 0 Å². The largest absolute Gasteiger partial charge is 0.436 e. The molecule has 2 fully saturated rings. The summed E-state index contributed by atoms with van der Waals surface area (Å²) in [6.07, 6.45) is 3.88. The zero-order chi connectivity index (χ0) is 18.0. The number of rotatable bonds is 4. The van der Waals surface area contributed by atoms with Gasteiger partial charge in [-0.25, -0.2) is 4.68 Å². The number of hydrogen-bond donors (Lipinski definition) is 0. The fraction of sp³-hybridized carbons (Fsp3) is 0.500. The predicted octanol–water partition coefficient (Wildman–Crippen LogP) is 3.23. The van der Waals surface area contributed by atoms with Gasteiger partial charge in [-0.3, -0.25) is 0 Å². The summed E-state index contributed by atoms with van der Waals surface area (Å²) < 4.78 is 18.9. The average molecular weight is 353 g/mol. The second-order valence-corrected chi connectivity index (χ2v) is 7.67. The van der Waals surface area contributed by atoms with Crippen molar-refractivity contribution in [2.24, 2.45) is 11.3 Å². The van der Waals surface area contributed by atoms with Crippen LogP contribution in [-0.4, -0.2) is 34.5 Å². The minimum atomic E-state index is -0.307. The Hall–Kier alpha value is -2.36. The highest BCUT2D eigenvalue weighted by atomic mass is 16.7. The third-order valence-corrected chi connectivity index (χ3v) is 4.23. The van der Waals surface area contributed by atoms with E-state index in [0.717, 1.165) is 5.56 Å². The second kappa shape index (κ2) is 7.10. The van der Waals surface area contributed by atoms with Crippen LogP contribution in [0.2, 0.25) is 0 Å². The van der Waals surface area contributed by atoms with Gasteiger partial charge in [-0.15, -0.1) is 0 Å². The quantitative estimate of drug-likeness (QED) is 0.790. The van der Waals surface area contributed by atoms with Crippen LogP contribution in [0.1, 0.15) is 32.3 Å². The molecule has 0 radical (unpaired) electrons. The molecule has 26 heavy (non-hydrogen) atoms. The molecule has 4 rings (SSSR count). The van der Waals surface area contributed by atoms with Gasteiger partial charge < -0.3 is 14.2 Å². The normalized spacial score (nSPS) is 19.6. The van der Waals surface area contributed by atoms with Gasteiger partial charge in [0.2, 0.25) is 0 Å². The molecule has 2 aliphatic rings. The molecular formula is C20H23N3O3. The van der Waals surface area contributed by atoms with Gasteiger partial charge in [-0.05, 0) is 31.0 Å². The van der Waals surface area contributed by atoms with Gasteiger partial charge in [0.05, 0.1) is 26.0 Å². The van der Waals surface area contributed by atoms with E-state index in [0.29, 0.717) is 37.3 Å². The number of aromatic nitrogens is 3. The van der Waals surface area contributed by atoms with Crippen molar-refractivity contribution in [3.05, 3.63) is 36.0 Å². The Morgan fingerprint density at radius 1 is 1.27 bits per heavy atom. The maximum absolute atomic E-state index is 5.80. The summed E-state index contributed by atoms with van der Waals surface area (Å²) in [5, 5.41) is 8.15. The SMILES string of the molecule is CC1(C)COC(Cn2cc(Oc3cccc(C#CC4CC4)c3)nn2)OC1. The van der Waals surface area contributed by atoms with Crippen molar-refractivity contribution < 1.29 is 14.2 Å². The predicted molar refractivity (Wildman–Crippen MR) is 95.6 cm³/mol. The van der Waals surface area contributed by atoms with E-state index in [1.807, 2.05) is 24.3 Å². The lowest BCUT2D eigenvalue weighted by Gasteiger charge is -2.34. The molecule has 0 bridgehead atoms. The van der Waals surface area contributed by atoms with Crippen molar-refractivity contribution in [1.29, 1.82) is 0 Å². The Balaban J connectivity index is 1.35. The fourth-order valence-corrected chi connectivity index (χ4v) is 2.57. The van der Waals surface area contributed by atoms with Gasteiger partial charge >= 0.3 is 0 Å². The fourth-order valence-electron chi connectivity index (χ4n) is 2.57. The highest BCUT2D eigenvalue weighted by Gasteiger charge is 2.28. The summed E-state index contributed by atoms with van der Waals surface area (Å²) >= 11 is 0. The number of benzene rings is 1. The van der Waals surface area contributed by atoms with E-state index in [-0.39, 0.29) is 11.7 Å². The Morgan fingerprint density at radius 3 is 2.85 bits per heavy atom. The van der Waals surface area contributed by atoms with Gasteiger partial charge in [-0.1, -0.05) is 42.1 Å². The lowest BCUT2D eigenvalue weighted by Crippen LogP contribution is -2.39.